The third-order valence-corrected chi connectivity index (χ3v) is 8.14. The van der Waals surface area contributed by atoms with Gasteiger partial charge in [0.05, 0.1) is 24.2 Å². The van der Waals surface area contributed by atoms with Gasteiger partial charge in [-0.2, -0.15) is 8.42 Å². The van der Waals surface area contributed by atoms with Gasteiger partial charge in [-0.3, -0.25) is 4.18 Å². The van der Waals surface area contributed by atoms with E-state index in [1.807, 2.05) is 20.8 Å². The van der Waals surface area contributed by atoms with Crippen LogP contribution in [-0.2, 0) is 23.8 Å². The second kappa shape index (κ2) is 13.8. The van der Waals surface area contributed by atoms with E-state index in [1.165, 1.54) is 19.3 Å². The molecule has 1 saturated heterocycles. The van der Waals surface area contributed by atoms with Crippen LogP contribution in [0.5, 0.6) is 0 Å². The van der Waals surface area contributed by atoms with Gasteiger partial charge >= 0.3 is 0 Å². The number of aryl methyl sites for hydroxylation is 1. The molecule has 1 aromatic carbocycles. The highest BCUT2D eigenvalue weighted by Gasteiger charge is 2.39. The lowest BCUT2D eigenvalue weighted by molar-refractivity contribution is -0.172. The molecular formula is C26H44O6S. The van der Waals surface area contributed by atoms with Crippen molar-refractivity contribution in [2.24, 2.45) is 11.8 Å². The first kappa shape index (κ1) is 28.2. The molecule has 1 heterocycles. The molecule has 0 aliphatic carbocycles. The van der Waals surface area contributed by atoms with E-state index in [9.17, 15) is 13.5 Å². The molecule has 6 nitrogen and oxygen atoms in total. The van der Waals surface area contributed by atoms with Crippen molar-refractivity contribution in [3.05, 3.63) is 29.8 Å². The van der Waals surface area contributed by atoms with E-state index >= 15 is 0 Å². The largest absolute Gasteiger partial charge is 0.396 e. The van der Waals surface area contributed by atoms with E-state index in [0.717, 1.165) is 24.8 Å². The lowest BCUT2D eigenvalue weighted by Crippen LogP contribution is -2.36. The number of unbranched alkanes of at least 4 members (excludes halogenated alkanes) is 4. The Bertz CT molecular complexity index is 770. The minimum absolute atomic E-state index is 0.0269. The zero-order valence-electron chi connectivity index (χ0n) is 20.9. The fraction of sp³-hybridized carbons (Fsp3) is 0.769. The molecule has 0 saturated carbocycles. The summed E-state index contributed by atoms with van der Waals surface area (Å²) in [7, 11) is -3.89. The summed E-state index contributed by atoms with van der Waals surface area (Å²) in [6.07, 6.45) is 8.07. The molecule has 0 spiro atoms. The number of ether oxygens (including phenoxy) is 2. The number of benzene rings is 1. The summed E-state index contributed by atoms with van der Waals surface area (Å²) >= 11 is 0. The normalized spacial score (nSPS) is 18.8. The maximum atomic E-state index is 12.9. The topological polar surface area (TPSA) is 82.1 Å². The molecule has 0 amide bonds. The molecule has 1 fully saturated rings. The summed E-state index contributed by atoms with van der Waals surface area (Å²) in [5.41, 5.74) is 0.990. The highest BCUT2D eigenvalue weighted by Crippen LogP contribution is 2.36. The van der Waals surface area contributed by atoms with Crippen LogP contribution in [0.1, 0.15) is 84.1 Å². The molecule has 1 aliphatic rings. The van der Waals surface area contributed by atoms with Crippen LogP contribution >= 0.6 is 0 Å². The van der Waals surface area contributed by atoms with Crippen LogP contribution in [0.4, 0.5) is 0 Å². The summed E-state index contributed by atoms with van der Waals surface area (Å²) in [6.45, 7) is 9.15. The zero-order chi connectivity index (χ0) is 24.3. The van der Waals surface area contributed by atoms with Gasteiger partial charge in [0.15, 0.2) is 5.79 Å². The first-order chi connectivity index (χ1) is 15.8. The number of rotatable bonds is 16. The average Bonchev–Trinajstić information content (AvgIpc) is 3.27. The standard InChI is InChI=1S/C26H44O6S/c1-5-7-8-9-10-16-26(30-18-19-31-26)17-15-24(22(4)20-27)25(6-2)32-33(28,29)23-13-11-21(3)12-14-23/h11-14,22,24-25,27H,5-10,15-20H2,1-4H3/t22-,24+,25+/m0/s1. The van der Waals surface area contributed by atoms with E-state index in [2.05, 4.69) is 6.92 Å². The van der Waals surface area contributed by atoms with Crippen LogP contribution in [0.15, 0.2) is 29.2 Å². The van der Waals surface area contributed by atoms with Crippen LogP contribution in [0.25, 0.3) is 0 Å². The van der Waals surface area contributed by atoms with Crippen LogP contribution in [0.2, 0.25) is 0 Å². The SMILES string of the molecule is CCCCCCCC1(CC[C@H]([C@@H](C)CO)[C@@H](CC)OS(=O)(=O)c2ccc(C)cc2)OCCO1. The van der Waals surface area contributed by atoms with Crippen molar-refractivity contribution in [1.82, 2.24) is 0 Å². The van der Waals surface area contributed by atoms with Crippen LogP contribution in [0.3, 0.4) is 0 Å². The van der Waals surface area contributed by atoms with Gasteiger partial charge in [-0.15, -0.1) is 0 Å². The van der Waals surface area contributed by atoms with Crippen molar-refractivity contribution in [3.8, 4) is 0 Å². The second-order valence-electron chi connectivity index (χ2n) is 9.44. The van der Waals surface area contributed by atoms with Gasteiger partial charge in [0.25, 0.3) is 10.1 Å². The van der Waals surface area contributed by atoms with Crippen molar-refractivity contribution in [2.45, 2.75) is 102 Å². The van der Waals surface area contributed by atoms with Crippen molar-refractivity contribution in [2.75, 3.05) is 19.8 Å². The second-order valence-corrected chi connectivity index (χ2v) is 11.0. The lowest BCUT2D eigenvalue weighted by Gasteiger charge is -2.34. The lowest BCUT2D eigenvalue weighted by atomic mass is 9.82. The predicted octanol–water partition coefficient (Wildman–Crippen LogP) is 5.61. The quantitative estimate of drug-likeness (QED) is 0.243. The molecule has 0 bridgehead atoms. The van der Waals surface area contributed by atoms with E-state index in [1.54, 1.807) is 24.3 Å². The van der Waals surface area contributed by atoms with Crippen LogP contribution in [0, 0.1) is 18.8 Å². The number of aliphatic hydroxyl groups excluding tert-OH is 1. The molecule has 1 aromatic rings. The summed E-state index contributed by atoms with van der Waals surface area (Å²) in [5.74, 6) is -0.843. The Balaban J connectivity index is 2.08. The molecule has 1 N–H and O–H groups in total. The first-order valence-electron chi connectivity index (χ1n) is 12.7. The van der Waals surface area contributed by atoms with Gasteiger partial charge in [0, 0.05) is 19.4 Å². The number of aliphatic hydroxyl groups is 1. The Morgan fingerprint density at radius 3 is 2.24 bits per heavy atom. The minimum Gasteiger partial charge on any atom is -0.396 e. The predicted molar refractivity (Wildman–Crippen MR) is 131 cm³/mol. The minimum atomic E-state index is -3.89. The highest BCUT2D eigenvalue weighted by molar-refractivity contribution is 7.86. The molecule has 33 heavy (non-hydrogen) atoms. The molecule has 1 aliphatic heterocycles. The van der Waals surface area contributed by atoms with E-state index in [0.29, 0.717) is 32.5 Å². The summed E-state index contributed by atoms with van der Waals surface area (Å²) in [5, 5.41) is 9.91. The van der Waals surface area contributed by atoms with Gasteiger partial charge in [0.2, 0.25) is 0 Å². The summed E-state index contributed by atoms with van der Waals surface area (Å²) in [4.78, 5) is 0.160. The molecule has 2 rings (SSSR count). The van der Waals surface area contributed by atoms with E-state index in [-0.39, 0.29) is 23.3 Å². The Morgan fingerprint density at radius 2 is 1.67 bits per heavy atom. The van der Waals surface area contributed by atoms with Crippen molar-refractivity contribution < 1.29 is 27.2 Å². The smallest absolute Gasteiger partial charge is 0.297 e. The zero-order valence-corrected chi connectivity index (χ0v) is 21.7. The molecule has 0 radical (unpaired) electrons. The van der Waals surface area contributed by atoms with Crippen molar-refractivity contribution >= 4 is 10.1 Å². The fourth-order valence-corrected chi connectivity index (χ4v) is 5.82. The molecular weight excluding hydrogens is 440 g/mol. The molecule has 3 atom stereocenters. The monoisotopic (exact) mass is 484 g/mol. The summed E-state index contributed by atoms with van der Waals surface area (Å²) in [6, 6.07) is 6.69. The molecule has 7 heteroatoms. The van der Waals surface area contributed by atoms with Gasteiger partial charge in [-0.1, -0.05) is 64.2 Å². The molecule has 0 aromatic heterocycles. The Hall–Kier alpha value is -0.990. The van der Waals surface area contributed by atoms with Crippen LogP contribution < -0.4 is 0 Å². The first-order valence-corrected chi connectivity index (χ1v) is 14.1. The van der Waals surface area contributed by atoms with Gasteiger partial charge in [0.1, 0.15) is 0 Å². The van der Waals surface area contributed by atoms with Gasteiger partial charge < -0.3 is 14.6 Å². The summed E-state index contributed by atoms with van der Waals surface area (Å²) < 4.78 is 43.8. The number of hydrogen-bond donors (Lipinski definition) is 1. The highest BCUT2D eigenvalue weighted by atomic mass is 32.2. The van der Waals surface area contributed by atoms with E-state index < -0.39 is 22.0 Å². The Kier molecular flexibility index (Phi) is 11.8. The van der Waals surface area contributed by atoms with E-state index in [4.69, 9.17) is 13.7 Å². The Morgan fingerprint density at radius 1 is 1.03 bits per heavy atom. The average molecular weight is 485 g/mol. The Labute approximate surface area is 201 Å². The fourth-order valence-electron chi connectivity index (χ4n) is 4.63. The maximum Gasteiger partial charge on any atom is 0.297 e. The van der Waals surface area contributed by atoms with Gasteiger partial charge in [-0.05, 0) is 50.2 Å². The van der Waals surface area contributed by atoms with Gasteiger partial charge in [-0.25, -0.2) is 0 Å². The maximum absolute atomic E-state index is 12.9. The van der Waals surface area contributed by atoms with Crippen molar-refractivity contribution in [3.63, 3.8) is 0 Å². The van der Waals surface area contributed by atoms with Crippen LogP contribution in [-0.4, -0.2) is 45.2 Å². The third kappa shape index (κ3) is 8.62. The molecule has 0 unspecified atom stereocenters. The molecule has 190 valence electrons. The number of hydrogen-bond acceptors (Lipinski definition) is 6. The van der Waals surface area contributed by atoms with Crippen molar-refractivity contribution in [1.29, 1.82) is 0 Å². The third-order valence-electron chi connectivity index (χ3n) is 6.79.